The predicted molar refractivity (Wildman–Crippen MR) is 77.5 cm³/mol. The van der Waals surface area contributed by atoms with Crippen LogP contribution in [0, 0.1) is 6.92 Å². The van der Waals surface area contributed by atoms with Crippen molar-refractivity contribution >= 4 is 5.91 Å². The number of aromatic nitrogens is 2. The number of carbonyl (C=O) groups excluding carboxylic acids is 1. The van der Waals surface area contributed by atoms with E-state index in [1.807, 2.05) is 22.9 Å². The second-order valence-corrected chi connectivity index (χ2v) is 5.37. The number of fused-ring (bicyclic) bond motifs is 1. The third kappa shape index (κ3) is 2.74. The fourth-order valence-electron chi connectivity index (χ4n) is 2.62. The Morgan fingerprint density at radius 2 is 2.25 bits per heavy atom. The summed E-state index contributed by atoms with van der Waals surface area (Å²) in [6, 6.07) is 10.1. The number of hydrogen-bond acceptors (Lipinski definition) is 2. The van der Waals surface area contributed by atoms with E-state index in [1.54, 1.807) is 0 Å². The van der Waals surface area contributed by atoms with Gasteiger partial charge in [0.15, 0.2) is 0 Å². The van der Waals surface area contributed by atoms with Crippen molar-refractivity contribution in [2.45, 2.75) is 39.3 Å². The number of nitrogens with one attached hydrogen (secondary N) is 1. The second-order valence-electron chi connectivity index (χ2n) is 5.37. The first kappa shape index (κ1) is 12.9. The van der Waals surface area contributed by atoms with Gasteiger partial charge in [0.2, 0.25) is 0 Å². The van der Waals surface area contributed by atoms with Gasteiger partial charge in [-0.25, -0.2) is 0 Å². The second kappa shape index (κ2) is 5.49. The van der Waals surface area contributed by atoms with Crippen LogP contribution in [0.15, 0.2) is 30.3 Å². The van der Waals surface area contributed by atoms with Crippen molar-refractivity contribution in [3.63, 3.8) is 0 Å². The summed E-state index contributed by atoms with van der Waals surface area (Å²) in [5.41, 5.74) is 4.03. The number of carbonyl (C=O) groups is 1. The van der Waals surface area contributed by atoms with E-state index in [-0.39, 0.29) is 5.91 Å². The molecular weight excluding hydrogens is 250 g/mol. The Bertz CT molecular complexity index is 607. The summed E-state index contributed by atoms with van der Waals surface area (Å²) >= 11 is 0. The highest BCUT2D eigenvalue weighted by Gasteiger charge is 2.16. The molecule has 104 valence electrons. The van der Waals surface area contributed by atoms with E-state index in [4.69, 9.17) is 0 Å². The molecule has 20 heavy (non-hydrogen) atoms. The SMILES string of the molecule is Cc1cccc(CNC(=O)c2cc3n(n2)CCCC3)c1. The first-order valence-electron chi connectivity index (χ1n) is 7.13. The van der Waals surface area contributed by atoms with Gasteiger partial charge in [0.25, 0.3) is 5.91 Å². The van der Waals surface area contributed by atoms with Crippen LogP contribution in [0.2, 0.25) is 0 Å². The van der Waals surface area contributed by atoms with Gasteiger partial charge >= 0.3 is 0 Å². The molecule has 1 aliphatic heterocycles. The predicted octanol–water partition coefficient (Wildman–Crippen LogP) is 2.46. The standard InChI is InChI=1S/C16H19N3O/c1-12-5-4-6-13(9-12)11-17-16(20)15-10-14-7-2-3-8-19(14)18-15/h4-6,9-10H,2-3,7-8,11H2,1H3,(H,17,20). The fourth-order valence-corrected chi connectivity index (χ4v) is 2.62. The van der Waals surface area contributed by atoms with Gasteiger partial charge in [-0.05, 0) is 37.8 Å². The molecule has 1 amide bonds. The van der Waals surface area contributed by atoms with Gasteiger partial charge in [0, 0.05) is 18.8 Å². The molecule has 1 N–H and O–H groups in total. The maximum absolute atomic E-state index is 12.1. The van der Waals surface area contributed by atoms with Crippen LogP contribution in [-0.2, 0) is 19.5 Å². The van der Waals surface area contributed by atoms with E-state index < -0.39 is 0 Å². The lowest BCUT2D eigenvalue weighted by Crippen LogP contribution is -2.23. The highest BCUT2D eigenvalue weighted by Crippen LogP contribution is 2.15. The smallest absolute Gasteiger partial charge is 0.272 e. The average molecular weight is 269 g/mol. The number of hydrogen-bond donors (Lipinski definition) is 1. The number of rotatable bonds is 3. The van der Waals surface area contributed by atoms with Gasteiger partial charge in [0.1, 0.15) is 5.69 Å². The first-order chi connectivity index (χ1) is 9.72. The Balaban J connectivity index is 1.66. The van der Waals surface area contributed by atoms with Crippen LogP contribution in [0.25, 0.3) is 0 Å². The Morgan fingerprint density at radius 1 is 1.35 bits per heavy atom. The molecule has 3 rings (SSSR count). The van der Waals surface area contributed by atoms with Crippen molar-refractivity contribution in [1.29, 1.82) is 0 Å². The molecule has 0 spiro atoms. The maximum atomic E-state index is 12.1. The number of amides is 1. The van der Waals surface area contributed by atoms with Crippen molar-refractivity contribution in [2.75, 3.05) is 0 Å². The Hall–Kier alpha value is -2.10. The Morgan fingerprint density at radius 3 is 3.05 bits per heavy atom. The third-order valence-electron chi connectivity index (χ3n) is 3.68. The van der Waals surface area contributed by atoms with Crippen molar-refractivity contribution in [3.05, 3.63) is 52.8 Å². The molecule has 4 heteroatoms. The van der Waals surface area contributed by atoms with Crippen LogP contribution in [0.5, 0.6) is 0 Å². The zero-order chi connectivity index (χ0) is 13.9. The zero-order valence-electron chi connectivity index (χ0n) is 11.7. The molecule has 0 atom stereocenters. The molecule has 2 heterocycles. The van der Waals surface area contributed by atoms with Gasteiger partial charge in [-0.3, -0.25) is 9.48 Å². The molecule has 1 aromatic heterocycles. The van der Waals surface area contributed by atoms with Crippen LogP contribution in [-0.4, -0.2) is 15.7 Å². The lowest BCUT2D eigenvalue weighted by Gasteiger charge is -2.11. The number of nitrogens with zero attached hydrogens (tertiary/aromatic N) is 2. The van der Waals surface area contributed by atoms with Crippen LogP contribution in [0.3, 0.4) is 0 Å². The highest BCUT2D eigenvalue weighted by molar-refractivity contribution is 5.92. The molecule has 0 saturated heterocycles. The maximum Gasteiger partial charge on any atom is 0.272 e. The highest BCUT2D eigenvalue weighted by atomic mass is 16.1. The number of benzene rings is 1. The monoisotopic (exact) mass is 269 g/mol. The quantitative estimate of drug-likeness (QED) is 0.930. The zero-order valence-corrected chi connectivity index (χ0v) is 11.7. The summed E-state index contributed by atoms with van der Waals surface area (Å²) in [7, 11) is 0. The summed E-state index contributed by atoms with van der Waals surface area (Å²) in [5.74, 6) is -0.0894. The van der Waals surface area contributed by atoms with Crippen LogP contribution in [0.4, 0.5) is 0 Å². The molecule has 0 aliphatic carbocycles. The van der Waals surface area contributed by atoms with E-state index >= 15 is 0 Å². The van der Waals surface area contributed by atoms with Gasteiger partial charge in [-0.1, -0.05) is 29.8 Å². The van der Waals surface area contributed by atoms with E-state index in [1.165, 1.54) is 17.7 Å². The summed E-state index contributed by atoms with van der Waals surface area (Å²) in [6.07, 6.45) is 3.37. The fraction of sp³-hybridized carbons (Fsp3) is 0.375. The normalized spacial score (nSPS) is 13.8. The van der Waals surface area contributed by atoms with E-state index in [9.17, 15) is 4.79 Å². The topological polar surface area (TPSA) is 46.9 Å². The minimum Gasteiger partial charge on any atom is -0.347 e. The molecule has 0 radical (unpaired) electrons. The molecule has 1 aromatic carbocycles. The molecule has 4 nitrogen and oxygen atoms in total. The number of aryl methyl sites for hydroxylation is 3. The van der Waals surface area contributed by atoms with E-state index in [0.29, 0.717) is 12.2 Å². The third-order valence-corrected chi connectivity index (χ3v) is 3.68. The molecule has 0 bridgehead atoms. The summed E-state index contributed by atoms with van der Waals surface area (Å²) in [5, 5.41) is 7.32. The van der Waals surface area contributed by atoms with Crippen LogP contribution >= 0.6 is 0 Å². The molecule has 2 aromatic rings. The molecular formula is C16H19N3O. The molecule has 0 saturated carbocycles. The van der Waals surface area contributed by atoms with E-state index in [0.717, 1.165) is 24.9 Å². The van der Waals surface area contributed by atoms with Crippen molar-refractivity contribution in [2.24, 2.45) is 0 Å². The van der Waals surface area contributed by atoms with Gasteiger partial charge in [0.05, 0.1) is 0 Å². The van der Waals surface area contributed by atoms with E-state index in [2.05, 4.69) is 29.5 Å². The minimum atomic E-state index is -0.0894. The van der Waals surface area contributed by atoms with Crippen molar-refractivity contribution in [3.8, 4) is 0 Å². The summed E-state index contributed by atoms with van der Waals surface area (Å²) in [4.78, 5) is 12.1. The lowest BCUT2D eigenvalue weighted by atomic mass is 10.1. The minimum absolute atomic E-state index is 0.0894. The molecule has 1 aliphatic rings. The van der Waals surface area contributed by atoms with Gasteiger partial charge in [-0.2, -0.15) is 5.10 Å². The van der Waals surface area contributed by atoms with Gasteiger partial charge in [-0.15, -0.1) is 0 Å². The molecule has 0 fully saturated rings. The summed E-state index contributed by atoms with van der Waals surface area (Å²) in [6.45, 7) is 3.53. The lowest BCUT2D eigenvalue weighted by molar-refractivity contribution is 0.0945. The Labute approximate surface area is 118 Å². The Kier molecular flexibility index (Phi) is 3.54. The molecule has 0 unspecified atom stereocenters. The average Bonchev–Trinajstić information content (AvgIpc) is 2.89. The van der Waals surface area contributed by atoms with Crippen LogP contribution < -0.4 is 5.32 Å². The van der Waals surface area contributed by atoms with Crippen LogP contribution in [0.1, 0.15) is 40.2 Å². The first-order valence-corrected chi connectivity index (χ1v) is 7.13. The summed E-state index contributed by atoms with van der Waals surface area (Å²) < 4.78 is 1.96. The van der Waals surface area contributed by atoms with Crippen molar-refractivity contribution in [1.82, 2.24) is 15.1 Å². The largest absolute Gasteiger partial charge is 0.347 e. The van der Waals surface area contributed by atoms with Crippen molar-refractivity contribution < 1.29 is 4.79 Å². The van der Waals surface area contributed by atoms with Gasteiger partial charge < -0.3 is 5.32 Å².